The van der Waals surface area contributed by atoms with Gasteiger partial charge in [0.25, 0.3) is 0 Å². The summed E-state index contributed by atoms with van der Waals surface area (Å²) in [5, 5.41) is 7.06. The third-order valence-electron chi connectivity index (χ3n) is 3.41. The van der Waals surface area contributed by atoms with Crippen LogP contribution in [0.25, 0.3) is 0 Å². The molecule has 0 aliphatic carbocycles. The second-order valence-corrected chi connectivity index (χ2v) is 4.88. The van der Waals surface area contributed by atoms with E-state index in [1.54, 1.807) is 0 Å². The Morgan fingerprint density at radius 1 is 1.33 bits per heavy atom. The first-order valence-electron chi connectivity index (χ1n) is 7.10. The highest BCUT2D eigenvalue weighted by Crippen LogP contribution is 2.16. The molecule has 1 amide bonds. The summed E-state index contributed by atoms with van der Waals surface area (Å²) < 4.78 is 7.18. The van der Waals surface area contributed by atoms with Gasteiger partial charge in [-0.1, -0.05) is 0 Å². The molecule has 1 N–H and O–H groups in total. The molecule has 0 atom stereocenters. The number of nitrogens with one attached hydrogen (secondary N) is 1. The van der Waals surface area contributed by atoms with Gasteiger partial charge in [0.15, 0.2) is 0 Å². The molecule has 0 spiro atoms. The highest BCUT2D eigenvalue weighted by molar-refractivity contribution is 5.90. The van der Waals surface area contributed by atoms with E-state index < -0.39 is 0 Å². The molecule has 2 rings (SSSR count). The van der Waals surface area contributed by atoms with Crippen molar-refractivity contribution >= 4 is 11.6 Å². The van der Waals surface area contributed by atoms with Crippen LogP contribution in [0.2, 0.25) is 0 Å². The van der Waals surface area contributed by atoms with E-state index >= 15 is 0 Å². The van der Waals surface area contributed by atoms with E-state index in [-0.39, 0.29) is 5.91 Å². The molecule has 0 radical (unpaired) electrons. The third kappa shape index (κ3) is 4.08. The number of carbonyl (C=O) groups excluding carboxylic acids is 1. The summed E-state index contributed by atoms with van der Waals surface area (Å²) in [5.41, 5.74) is 2.99. The van der Waals surface area contributed by atoms with E-state index in [9.17, 15) is 4.79 Å². The Bertz CT molecular complexity index is 602. The van der Waals surface area contributed by atoms with Crippen molar-refractivity contribution in [3.05, 3.63) is 41.7 Å². The maximum Gasteiger partial charge on any atom is 0.224 e. The lowest BCUT2D eigenvalue weighted by atomic mass is 10.1. The van der Waals surface area contributed by atoms with Gasteiger partial charge in [0.05, 0.1) is 12.8 Å². The molecule has 5 heteroatoms. The van der Waals surface area contributed by atoms with Crippen LogP contribution in [0, 0.1) is 6.92 Å². The van der Waals surface area contributed by atoms with Crippen LogP contribution in [0.4, 0.5) is 5.69 Å². The Morgan fingerprint density at radius 2 is 2.05 bits per heavy atom. The Morgan fingerprint density at radius 3 is 2.62 bits per heavy atom. The quantitative estimate of drug-likeness (QED) is 0.888. The molecule has 1 aromatic heterocycles. The number of hydrogen-bond acceptors (Lipinski definition) is 3. The zero-order valence-corrected chi connectivity index (χ0v) is 12.7. The fourth-order valence-electron chi connectivity index (χ4n) is 2.06. The molecule has 0 aliphatic heterocycles. The standard InChI is InChI=1S/C16H21N3O2/c1-4-21-15-8-6-14(7-9-15)18-16(20)10-5-13-11-17-19(3)12(13)2/h6-9,11H,4-5,10H2,1-3H3,(H,18,20). The Labute approximate surface area is 124 Å². The van der Waals surface area contributed by atoms with Gasteiger partial charge in [-0.3, -0.25) is 9.48 Å². The number of aryl methyl sites for hydroxylation is 2. The van der Waals surface area contributed by atoms with E-state index in [0.717, 1.165) is 22.7 Å². The summed E-state index contributed by atoms with van der Waals surface area (Å²) in [6.45, 7) is 4.58. The monoisotopic (exact) mass is 287 g/mol. The van der Waals surface area contributed by atoms with Crippen molar-refractivity contribution in [2.75, 3.05) is 11.9 Å². The lowest BCUT2D eigenvalue weighted by molar-refractivity contribution is -0.116. The fourth-order valence-corrected chi connectivity index (χ4v) is 2.06. The van der Waals surface area contributed by atoms with Gasteiger partial charge in [-0.2, -0.15) is 5.10 Å². The molecule has 0 saturated heterocycles. The molecular weight excluding hydrogens is 266 g/mol. The minimum Gasteiger partial charge on any atom is -0.494 e. The van der Waals surface area contributed by atoms with Crippen LogP contribution in [-0.2, 0) is 18.3 Å². The van der Waals surface area contributed by atoms with Gasteiger partial charge in [0.2, 0.25) is 5.91 Å². The van der Waals surface area contributed by atoms with E-state index in [1.165, 1.54) is 0 Å². The molecule has 1 aromatic carbocycles. The number of benzene rings is 1. The maximum absolute atomic E-state index is 11.9. The predicted octanol–water partition coefficient (Wildman–Crippen LogP) is 2.70. The molecular formula is C16H21N3O2. The van der Waals surface area contributed by atoms with Crippen LogP contribution < -0.4 is 10.1 Å². The zero-order chi connectivity index (χ0) is 15.2. The summed E-state index contributed by atoms with van der Waals surface area (Å²) in [5.74, 6) is 0.809. The van der Waals surface area contributed by atoms with Crippen molar-refractivity contribution in [1.82, 2.24) is 9.78 Å². The van der Waals surface area contributed by atoms with Gasteiger partial charge >= 0.3 is 0 Å². The van der Waals surface area contributed by atoms with Crippen molar-refractivity contribution < 1.29 is 9.53 Å². The first kappa shape index (κ1) is 15.1. The average Bonchev–Trinajstić information content (AvgIpc) is 2.79. The Balaban J connectivity index is 1.85. The summed E-state index contributed by atoms with van der Waals surface area (Å²) in [7, 11) is 1.90. The number of nitrogens with zero attached hydrogens (tertiary/aromatic N) is 2. The first-order chi connectivity index (χ1) is 10.1. The maximum atomic E-state index is 11.9. The molecule has 0 bridgehead atoms. The topological polar surface area (TPSA) is 56.1 Å². The summed E-state index contributed by atoms with van der Waals surface area (Å²) >= 11 is 0. The summed E-state index contributed by atoms with van der Waals surface area (Å²) in [6, 6.07) is 7.39. The van der Waals surface area contributed by atoms with E-state index in [4.69, 9.17) is 4.74 Å². The number of anilines is 1. The average molecular weight is 287 g/mol. The van der Waals surface area contributed by atoms with Crippen molar-refractivity contribution in [3.8, 4) is 5.75 Å². The molecule has 0 saturated carbocycles. The number of amides is 1. The third-order valence-corrected chi connectivity index (χ3v) is 3.41. The summed E-state index contributed by atoms with van der Waals surface area (Å²) in [4.78, 5) is 11.9. The minimum atomic E-state index is 0.00223. The van der Waals surface area contributed by atoms with E-state index in [2.05, 4.69) is 10.4 Å². The van der Waals surface area contributed by atoms with Crippen LogP contribution in [0.15, 0.2) is 30.5 Å². The van der Waals surface area contributed by atoms with Crippen LogP contribution in [0.1, 0.15) is 24.6 Å². The fraction of sp³-hybridized carbons (Fsp3) is 0.375. The second kappa shape index (κ2) is 6.92. The van der Waals surface area contributed by atoms with Gasteiger partial charge < -0.3 is 10.1 Å². The van der Waals surface area contributed by atoms with Crippen LogP contribution >= 0.6 is 0 Å². The number of hydrogen-bond donors (Lipinski definition) is 1. The molecule has 1 heterocycles. The first-order valence-corrected chi connectivity index (χ1v) is 7.10. The number of carbonyl (C=O) groups is 1. The lowest BCUT2D eigenvalue weighted by Crippen LogP contribution is -2.12. The van der Waals surface area contributed by atoms with Crippen LogP contribution in [0.5, 0.6) is 5.75 Å². The van der Waals surface area contributed by atoms with Crippen LogP contribution in [0.3, 0.4) is 0 Å². The van der Waals surface area contributed by atoms with Gasteiger partial charge in [-0.05, 0) is 50.1 Å². The number of ether oxygens (including phenoxy) is 1. The molecule has 112 valence electrons. The molecule has 0 fully saturated rings. The van der Waals surface area contributed by atoms with Gasteiger partial charge in [0, 0.05) is 24.8 Å². The molecule has 0 unspecified atom stereocenters. The molecule has 0 aliphatic rings. The van der Waals surface area contributed by atoms with Gasteiger partial charge in [0.1, 0.15) is 5.75 Å². The molecule has 21 heavy (non-hydrogen) atoms. The van der Waals surface area contributed by atoms with Crippen LogP contribution in [-0.4, -0.2) is 22.3 Å². The summed E-state index contributed by atoms with van der Waals surface area (Å²) in [6.07, 6.45) is 2.96. The normalized spacial score (nSPS) is 10.4. The van der Waals surface area contributed by atoms with Crippen molar-refractivity contribution in [3.63, 3.8) is 0 Å². The van der Waals surface area contributed by atoms with E-state index in [1.807, 2.05) is 56.0 Å². The Hall–Kier alpha value is -2.30. The zero-order valence-electron chi connectivity index (χ0n) is 12.7. The number of rotatable bonds is 6. The minimum absolute atomic E-state index is 0.00223. The lowest BCUT2D eigenvalue weighted by Gasteiger charge is -2.07. The highest BCUT2D eigenvalue weighted by atomic mass is 16.5. The van der Waals surface area contributed by atoms with Crippen molar-refractivity contribution in [2.24, 2.45) is 7.05 Å². The SMILES string of the molecule is CCOc1ccc(NC(=O)CCc2cnn(C)c2C)cc1. The second-order valence-electron chi connectivity index (χ2n) is 4.88. The van der Waals surface area contributed by atoms with Crippen molar-refractivity contribution in [1.29, 1.82) is 0 Å². The van der Waals surface area contributed by atoms with Crippen molar-refractivity contribution in [2.45, 2.75) is 26.7 Å². The molecule has 2 aromatic rings. The smallest absolute Gasteiger partial charge is 0.224 e. The Kier molecular flexibility index (Phi) is 4.98. The highest BCUT2D eigenvalue weighted by Gasteiger charge is 2.07. The predicted molar refractivity (Wildman–Crippen MR) is 82.5 cm³/mol. The largest absolute Gasteiger partial charge is 0.494 e. The van der Waals surface area contributed by atoms with E-state index in [0.29, 0.717) is 19.4 Å². The van der Waals surface area contributed by atoms with Gasteiger partial charge in [-0.15, -0.1) is 0 Å². The number of aromatic nitrogens is 2. The van der Waals surface area contributed by atoms with Gasteiger partial charge in [-0.25, -0.2) is 0 Å². The molecule has 5 nitrogen and oxygen atoms in total.